The number of halogens is 1. The minimum Gasteiger partial charge on any atom is -0.508 e. The number of aryl methyl sites for hydroxylation is 1. The molecule has 5 heteroatoms. The van der Waals surface area contributed by atoms with E-state index in [2.05, 4.69) is 41.4 Å². The first-order valence-electron chi connectivity index (χ1n) is 8.46. The van der Waals surface area contributed by atoms with Gasteiger partial charge in [0.25, 0.3) is 0 Å². The molecule has 0 saturated carbocycles. The second kappa shape index (κ2) is 7.46. The number of likely N-dealkylation sites (tertiary alicyclic amines) is 1. The zero-order valence-electron chi connectivity index (χ0n) is 14.5. The Morgan fingerprint density at radius 2 is 1.96 bits per heavy atom. The van der Waals surface area contributed by atoms with Gasteiger partial charge in [-0.1, -0.05) is 47.5 Å². The molecule has 3 rings (SSSR count). The minimum absolute atomic E-state index is 0.00775. The molecule has 0 spiro atoms. The molecular weight excluding hydrogens is 336 g/mol. The first kappa shape index (κ1) is 17.8. The largest absolute Gasteiger partial charge is 0.508 e. The number of nitrogens with one attached hydrogen (secondary N) is 1. The van der Waals surface area contributed by atoms with Gasteiger partial charge in [-0.15, -0.1) is 0 Å². The highest BCUT2D eigenvalue weighted by Gasteiger charge is 2.34. The highest BCUT2D eigenvalue weighted by atomic mass is 35.5. The SMILES string of the molecule is CC(=O)N[C@@H]1CN(Cc2ccc(O)cc2Cl)C[C@H]1c1ccc(C)cc1. The molecule has 0 aromatic heterocycles. The van der Waals surface area contributed by atoms with Crippen LogP contribution in [0.25, 0.3) is 0 Å². The van der Waals surface area contributed by atoms with Crippen LogP contribution in [0.1, 0.15) is 29.5 Å². The minimum atomic E-state index is -0.00775. The van der Waals surface area contributed by atoms with Crippen LogP contribution in [-0.2, 0) is 11.3 Å². The number of carbonyl (C=O) groups excluding carboxylic acids is 1. The van der Waals surface area contributed by atoms with Gasteiger partial charge in [0.05, 0.1) is 0 Å². The van der Waals surface area contributed by atoms with Crippen molar-refractivity contribution >= 4 is 17.5 Å². The topological polar surface area (TPSA) is 52.6 Å². The van der Waals surface area contributed by atoms with Gasteiger partial charge in [0.1, 0.15) is 5.75 Å². The zero-order chi connectivity index (χ0) is 18.0. The summed E-state index contributed by atoms with van der Waals surface area (Å²) in [4.78, 5) is 13.9. The van der Waals surface area contributed by atoms with Crippen LogP contribution in [0.3, 0.4) is 0 Å². The summed E-state index contributed by atoms with van der Waals surface area (Å²) in [5, 5.41) is 13.2. The van der Waals surface area contributed by atoms with Crippen molar-refractivity contribution in [2.45, 2.75) is 32.4 Å². The van der Waals surface area contributed by atoms with Crippen molar-refractivity contribution in [2.75, 3.05) is 13.1 Å². The molecule has 4 nitrogen and oxygen atoms in total. The van der Waals surface area contributed by atoms with Gasteiger partial charge in [0.2, 0.25) is 5.91 Å². The lowest BCUT2D eigenvalue weighted by atomic mass is 9.93. The Labute approximate surface area is 153 Å². The van der Waals surface area contributed by atoms with Crippen LogP contribution in [-0.4, -0.2) is 35.0 Å². The van der Waals surface area contributed by atoms with Gasteiger partial charge in [-0.3, -0.25) is 9.69 Å². The molecule has 2 aromatic rings. The highest BCUT2D eigenvalue weighted by Crippen LogP contribution is 2.31. The number of rotatable bonds is 4. The number of phenolic OH excluding ortho intramolecular Hbond substituents is 1. The van der Waals surface area contributed by atoms with Gasteiger partial charge in [-0.05, 0) is 30.2 Å². The highest BCUT2D eigenvalue weighted by molar-refractivity contribution is 6.31. The van der Waals surface area contributed by atoms with E-state index in [1.165, 1.54) is 11.1 Å². The lowest BCUT2D eigenvalue weighted by Gasteiger charge is -2.19. The quantitative estimate of drug-likeness (QED) is 0.880. The normalized spacial score (nSPS) is 20.6. The number of hydrogen-bond donors (Lipinski definition) is 2. The third-order valence-corrected chi connectivity index (χ3v) is 5.07. The van der Waals surface area contributed by atoms with Gasteiger partial charge in [-0.25, -0.2) is 0 Å². The van der Waals surface area contributed by atoms with E-state index < -0.39 is 0 Å². The van der Waals surface area contributed by atoms with Gasteiger partial charge in [0, 0.05) is 43.5 Å². The average molecular weight is 359 g/mol. The number of phenols is 1. The van der Waals surface area contributed by atoms with Crippen molar-refractivity contribution in [2.24, 2.45) is 0 Å². The van der Waals surface area contributed by atoms with E-state index in [9.17, 15) is 9.90 Å². The van der Waals surface area contributed by atoms with Crippen LogP contribution in [0.2, 0.25) is 5.02 Å². The molecule has 25 heavy (non-hydrogen) atoms. The lowest BCUT2D eigenvalue weighted by Crippen LogP contribution is -2.38. The third-order valence-electron chi connectivity index (χ3n) is 4.72. The number of hydrogen-bond acceptors (Lipinski definition) is 3. The summed E-state index contributed by atoms with van der Waals surface area (Å²) >= 11 is 6.24. The van der Waals surface area contributed by atoms with E-state index in [4.69, 9.17) is 11.6 Å². The van der Waals surface area contributed by atoms with Crippen LogP contribution < -0.4 is 5.32 Å². The van der Waals surface area contributed by atoms with Crippen molar-refractivity contribution in [3.63, 3.8) is 0 Å². The predicted molar refractivity (Wildman–Crippen MR) is 99.9 cm³/mol. The molecule has 2 atom stereocenters. The summed E-state index contributed by atoms with van der Waals surface area (Å²) in [5.41, 5.74) is 3.44. The molecule has 1 aliphatic heterocycles. The summed E-state index contributed by atoms with van der Waals surface area (Å²) in [7, 11) is 0. The van der Waals surface area contributed by atoms with Crippen molar-refractivity contribution in [3.05, 3.63) is 64.2 Å². The molecule has 1 saturated heterocycles. The summed E-state index contributed by atoms with van der Waals surface area (Å²) in [6.07, 6.45) is 0. The molecule has 0 radical (unpaired) electrons. The Morgan fingerprint density at radius 3 is 2.60 bits per heavy atom. The standard InChI is InChI=1S/C20H23ClN2O2/c1-13-3-5-15(6-4-13)18-11-23(12-20(18)22-14(2)24)10-16-7-8-17(25)9-19(16)21/h3-9,18,20,25H,10-12H2,1-2H3,(H,22,24)/t18-,20+/m0/s1. The average Bonchev–Trinajstić information content (AvgIpc) is 2.92. The lowest BCUT2D eigenvalue weighted by molar-refractivity contribution is -0.119. The van der Waals surface area contributed by atoms with E-state index in [0.29, 0.717) is 11.6 Å². The number of carbonyl (C=O) groups is 1. The number of aromatic hydroxyl groups is 1. The monoisotopic (exact) mass is 358 g/mol. The van der Waals surface area contributed by atoms with E-state index >= 15 is 0 Å². The van der Waals surface area contributed by atoms with E-state index in [1.807, 2.05) is 6.07 Å². The van der Waals surface area contributed by atoms with Gasteiger partial charge in [-0.2, -0.15) is 0 Å². The smallest absolute Gasteiger partial charge is 0.217 e. The van der Waals surface area contributed by atoms with Crippen molar-refractivity contribution in [3.8, 4) is 5.75 Å². The third kappa shape index (κ3) is 4.33. The second-order valence-corrected chi connectivity index (χ2v) is 7.20. The number of benzene rings is 2. The predicted octanol–water partition coefficient (Wildman–Crippen LogP) is 3.46. The molecule has 0 unspecified atom stereocenters. The maximum absolute atomic E-state index is 11.6. The summed E-state index contributed by atoms with van der Waals surface area (Å²) in [6, 6.07) is 13.7. The Bertz CT molecular complexity index is 761. The zero-order valence-corrected chi connectivity index (χ0v) is 15.3. The van der Waals surface area contributed by atoms with Crippen molar-refractivity contribution in [1.29, 1.82) is 0 Å². The van der Waals surface area contributed by atoms with Crippen LogP contribution in [0, 0.1) is 6.92 Å². The molecule has 1 heterocycles. The maximum Gasteiger partial charge on any atom is 0.217 e. The molecule has 1 fully saturated rings. The van der Waals surface area contributed by atoms with Crippen molar-refractivity contribution < 1.29 is 9.90 Å². The van der Waals surface area contributed by atoms with Crippen LogP contribution in [0.4, 0.5) is 0 Å². The maximum atomic E-state index is 11.6. The molecule has 1 aliphatic rings. The van der Waals surface area contributed by atoms with Gasteiger partial charge < -0.3 is 10.4 Å². The Morgan fingerprint density at radius 1 is 1.24 bits per heavy atom. The Balaban J connectivity index is 1.78. The molecule has 2 N–H and O–H groups in total. The summed E-state index contributed by atoms with van der Waals surface area (Å²) in [5.74, 6) is 0.413. The molecule has 2 aromatic carbocycles. The van der Waals surface area contributed by atoms with Crippen LogP contribution >= 0.6 is 11.6 Å². The first-order chi connectivity index (χ1) is 11.9. The fourth-order valence-electron chi connectivity index (χ4n) is 3.48. The van der Waals surface area contributed by atoms with Gasteiger partial charge >= 0.3 is 0 Å². The molecule has 1 amide bonds. The van der Waals surface area contributed by atoms with Crippen molar-refractivity contribution in [1.82, 2.24) is 10.2 Å². The molecule has 0 aliphatic carbocycles. The number of amides is 1. The summed E-state index contributed by atoms with van der Waals surface area (Å²) in [6.45, 7) is 5.95. The fourth-order valence-corrected chi connectivity index (χ4v) is 3.71. The van der Waals surface area contributed by atoms with E-state index in [-0.39, 0.29) is 23.6 Å². The van der Waals surface area contributed by atoms with E-state index in [1.54, 1.807) is 19.1 Å². The fraction of sp³-hybridized carbons (Fsp3) is 0.350. The van der Waals surface area contributed by atoms with Crippen LogP contribution in [0.15, 0.2) is 42.5 Å². The first-order valence-corrected chi connectivity index (χ1v) is 8.83. The summed E-state index contributed by atoms with van der Waals surface area (Å²) < 4.78 is 0. The van der Waals surface area contributed by atoms with Crippen LogP contribution in [0.5, 0.6) is 5.75 Å². The molecular formula is C20H23ClN2O2. The number of nitrogens with zero attached hydrogens (tertiary/aromatic N) is 1. The van der Waals surface area contributed by atoms with Gasteiger partial charge in [0.15, 0.2) is 0 Å². The molecule has 132 valence electrons. The molecule has 0 bridgehead atoms. The Kier molecular flexibility index (Phi) is 5.30. The van der Waals surface area contributed by atoms with E-state index in [0.717, 1.165) is 18.7 Å². The Hall–Kier alpha value is -2.04. The second-order valence-electron chi connectivity index (χ2n) is 6.79.